The van der Waals surface area contributed by atoms with Gasteiger partial charge in [-0.05, 0) is 67.1 Å². The van der Waals surface area contributed by atoms with Crippen molar-refractivity contribution in [3.63, 3.8) is 0 Å². The van der Waals surface area contributed by atoms with Crippen LogP contribution in [0.5, 0.6) is 11.5 Å². The van der Waals surface area contributed by atoms with Crippen molar-refractivity contribution < 1.29 is 19.1 Å². The largest absolute Gasteiger partial charge is 0.454 e. The highest BCUT2D eigenvalue weighted by Gasteiger charge is 2.12. The molecule has 0 unspecified atom stereocenters. The molecule has 4 rings (SSSR count). The first-order chi connectivity index (χ1) is 14.6. The SMILES string of the molecule is Cc1cccc(C(=O)Nc2ccc(C(=O)N/N=C/c3ccc4c(c3)OCO4)cc2)c1. The van der Waals surface area contributed by atoms with Gasteiger partial charge >= 0.3 is 0 Å². The van der Waals surface area contributed by atoms with Crippen molar-refractivity contribution >= 4 is 23.7 Å². The molecule has 2 N–H and O–H groups in total. The minimum Gasteiger partial charge on any atom is -0.454 e. The average molecular weight is 401 g/mol. The Kier molecular flexibility index (Phi) is 5.43. The van der Waals surface area contributed by atoms with Gasteiger partial charge in [0.2, 0.25) is 6.79 Å². The van der Waals surface area contributed by atoms with Gasteiger partial charge < -0.3 is 14.8 Å². The molecule has 1 aliphatic rings. The molecule has 7 nitrogen and oxygen atoms in total. The highest BCUT2D eigenvalue weighted by molar-refractivity contribution is 6.04. The van der Waals surface area contributed by atoms with E-state index in [1.165, 1.54) is 6.21 Å². The lowest BCUT2D eigenvalue weighted by atomic mass is 10.1. The Morgan fingerprint density at radius 1 is 0.900 bits per heavy atom. The fourth-order valence-corrected chi connectivity index (χ4v) is 2.92. The molecular formula is C23H19N3O4. The Morgan fingerprint density at radius 3 is 2.50 bits per heavy atom. The van der Waals surface area contributed by atoms with Crippen LogP contribution in [0.25, 0.3) is 0 Å². The molecule has 30 heavy (non-hydrogen) atoms. The van der Waals surface area contributed by atoms with E-state index < -0.39 is 0 Å². The van der Waals surface area contributed by atoms with Gasteiger partial charge in [-0.3, -0.25) is 9.59 Å². The monoisotopic (exact) mass is 401 g/mol. The van der Waals surface area contributed by atoms with Gasteiger partial charge in [0.1, 0.15) is 0 Å². The summed E-state index contributed by atoms with van der Waals surface area (Å²) in [7, 11) is 0. The van der Waals surface area contributed by atoms with Gasteiger partial charge in [0.25, 0.3) is 11.8 Å². The predicted molar refractivity (Wildman–Crippen MR) is 113 cm³/mol. The summed E-state index contributed by atoms with van der Waals surface area (Å²) in [6.07, 6.45) is 1.52. The van der Waals surface area contributed by atoms with Crippen molar-refractivity contribution in [1.82, 2.24) is 5.43 Å². The minimum absolute atomic E-state index is 0.202. The lowest BCUT2D eigenvalue weighted by Gasteiger charge is -2.07. The molecule has 1 aliphatic heterocycles. The molecule has 3 aromatic rings. The van der Waals surface area contributed by atoms with Gasteiger partial charge in [0.05, 0.1) is 6.21 Å². The van der Waals surface area contributed by atoms with E-state index in [0.717, 1.165) is 11.1 Å². The summed E-state index contributed by atoms with van der Waals surface area (Å²) in [5, 5.41) is 6.79. The third kappa shape index (κ3) is 4.47. The number of nitrogens with one attached hydrogen (secondary N) is 2. The number of fused-ring (bicyclic) bond motifs is 1. The fraction of sp³-hybridized carbons (Fsp3) is 0.0870. The van der Waals surface area contributed by atoms with Crippen LogP contribution in [0.2, 0.25) is 0 Å². The van der Waals surface area contributed by atoms with E-state index in [-0.39, 0.29) is 18.6 Å². The Hall–Kier alpha value is -4.13. The van der Waals surface area contributed by atoms with E-state index in [9.17, 15) is 9.59 Å². The second kappa shape index (κ2) is 8.48. The van der Waals surface area contributed by atoms with Crippen molar-refractivity contribution in [1.29, 1.82) is 0 Å². The Balaban J connectivity index is 1.34. The predicted octanol–water partition coefficient (Wildman–Crippen LogP) is 3.74. The molecule has 0 aliphatic carbocycles. The molecule has 0 fully saturated rings. The van der Waals surface area contributed by atoms with Gasteiger partial charge in [-0.25, -0.2) is 5.43 Å². The number of hydrazone groups is 1. The molecule has 0 atom stereocenters. The van der Waals surface area contributed by atoms with Crippen LogP contribution in [0.4, 0.5) is 5.69 Å². The second-order valence-corrected chi connectivity index (χ2v) is 6.71. The summed E-state index contributed by atoms with van der Waals surface area (Å²) in [6.45, 7) is 2.13. The van der Waals surface area contributed by atoms with Crippen molar-refractivity contribution in [2.75, 3.05) is 12.1 Å². The third-order valence-corrected chi connectivity index (χ3v) is 4.46. The number of anilines is 1. The van der Waals surface area contributed by atoms with Gasteiger partial charge in [-0.1, -0.05) is 17.7 Å². The Morgan fingerprint density at radius 2 is 1.70 bits per heavy atom. The van der Waals surface area contributed by atoms with Gasteiger partial charge in [0.15, 0.2) is 11.5 Å². The van der Waals surface area contributed by atoms with E-state index in [0.29, 0.717) is 28.3 Å². The number of rotatable bonds is 5. The zero-order valence-electron chi connectivity index (χ0n) is 16.2. The molecule has 0 radical (unpaired) electrons. The smallest absolute Gasteiger partial charge is 0.271 e. The topological polar surface area (TPSA) is 89.0 Å². The van der Waals surface area contributed by atoms with Crippen molar-refractivity contribution in [3.05, 3.63) is 89.0 Å². The van der Waals surface area contributed by atoms with Crippen LogP contribution < -0.4 is 20.2 Å². The van der Waals surface area contributed by atoms with Gasteiger partial charge in [-0.2, -0.15) is 5.10 Å². The molecule has 1 heterocycles. The summed E-state index contributed by atoms with van der Waals surface area (Å²) in [5.41, 5.74) is 5.86. The van der Waals surface area contributed by atoms with Crippen LogP contribution in [-0.2, 0) is 0 Å². The van der Waals surface area contributed by atoms with E-state index in [1.54, 1.807) is 42.5 Å². The molecular weight excluding hydrogens is 382 g/mol. The van der Waals surface area contributed by atoms with Crippen molar-refractivity contribution in [3.8, 4) is 11.5 Å². The number of nitrogens with zero attached hydrogens (tertiary/aromatic N) is 1. The number of aryl methyl sites for hydroxylation is 1. The third-order valence-electron chi connectivity index (χ3n) is 4.46. The van der Waals surface area contributed by atoms with Crippen LogP contribution >= 0.6 is 0 Å². The average Bonchev–Trinajstić information content (AvgIpc) is 3.22. The molecule has 0 spiro atoms. The summed E-state index contributed by atoms with van der Waals surface area (Å²) in [5.74, 6) is 0.770. The van der Waals surface area contributed by atoms with E-state index >= 15 is 0 Å². The number of ether oxygens (including phenoxy) is 2. The number of hydrogen-bond donors (Lipinski definition) is 2. The Bertz CT molecular complexity index is 1120. The summed E-state index contributed by atoms with van der Waals surface area (Å²) in [6, 6.07) is 19.3. The quantitative estimate of drug-likeness (QED) is 0.504. The first kappa shape index (κ1) is 19.2. The van der Waals surface area contributed by atoms with Crippen LogP contribution in [-0.4, -0.2) is 24.8 Å². The maximum absolute atomic E-state index is 12.3. The zero-order chi connectivity index (χ0) is 20.9. The number of carbonyl (C=O) groups excluding carboxylic acids is 2. The van der Waals surface area contributed by atoms with Crippen LogP contribution in [0.1, 0.15) is 31.8 Å². The van der Waals surface area contributed by atoms with E-state index in [2.05, 4.69) is 15.8 Å². The summed E-state index contributed by atoms with van der Waals surface area (Å²) < 4.78 is 10.6. The molecule has 7 heteroatoms. The fourth-order valence-electron chi connectivity index (χ4n) is 2.92. The molecule has 0 aromatic heterocycles. The van der Waals surface area contributed by atoms with Crippen molar-refractivity contribution in [2.24, 2.45) is 5.10 Å². The number of hydrogen-bond acceptors (Lipinski definition) is 5. The second-order valence-electron chi connectivity index (χ2n) is 6.71. The van der Waals surface area contributed by atoms with Crippen molar-refractivity contribution in [2.45, 2.75) is 6.92 Å². The van der Waals surface area contributed by atoms with Gasteiger partial charge in [0, 0.05) is 16.8 Å². The molecule has 0 saturated carbocycles. The zero-order valence-corrected chi connectivity index (χ0v) is 16.2. The molecule has 2 amide bonds. The molecule has 3 aromatic carbocycles. The first-order valence-corrected chi connectivity index (χ1v) is 9.30. The van der Waals surface area contributed by atoms with Crippen LogP contribution in [0, 0.1) is 6.92 Å². The molecule has 0 bridgehead atoms. The van der Waals surface area contributed by atoms with Gasteiger partial charge in [-0.15, -0.1) is 0 Å². The molecule has 0 saturated heterocycles. The highest BCUT2D eigenvalue weighted by Crippen LogP contribution is 2.31. The normalized spacial score (nSPS) is 12.0. The number of amides is 2. The summed E-state index contributed by atoms with van der Waals surface area (Å²) >= 11 is 0. The number of benzene rings is 3. The maximum atomic E-state index is 12.3. The summed E-state index contributed by atoms with van der Waals surface area (Å²) in [4.78, 5) is 24.6. The maximum Gasteiger partial charge on any atom is 0.271 e. The van der Waals surface area contributed by atoms with E-state index in [1.807, 2.05) is 31.2 Å². The first-order valence-electron chi connectivity index (χ1n) is 9.30. The number of carbonyl (C=O) groups is 2. The minimum atomic E-state index is -0.358. The molecule has 150 valence electrons. The standard InChI is InChI=1S/C23H19N3O4/c1-15-3-2-4-18(11-15)22(27)25-19-8-6-17(7-9-19)23(28)26-24-13-16-5-10-20-21(12-16)30-14-29-20/h2-13H,14H2,1H3,(H,25,27)(H,26,28)/b24-13+. The highest BCUT2D eigenvalue weighted by atomic mass is 16.7. The van der Waals surface area contributed by atoms with Crippen LogP contribution in [0.15, 0.2) is 71.8 Å². The Labute approximate surface area is 173 Å². The van der Waals surface area contributed by atoms with Crippen LogP contribution in [0.3, 0.4) is 0 Å². The lowest BCUT2D eigenvalue weighted by molar-refractivity contribution is 0.0954. The lowest BCUT2D eigenvalue weighted by Crippen LogP contribution is -2.17. The van der Waals surface area contributed by atoms with E-state index in [4.69, 9.17) is 9.47 Å².